The van der Waals surface area contributed by atoms with E-state index in [1.165, 1.54) is 28.9 Å². The molecule has 0 radical (unpaired) electrons. The number of benzene rings is 1. The van der Waals surface area contributed by atoms with Crippen LogP contribution in [0.15, 0.2) is 41.2 Å². The van der Waals surface area contributed by atoms with E-state index < -0.39 is 5.82 Å². The first kappa shape index (κ1) is 20.0. The first-order valence-electron chi connectivity index (χ1n) is 9.46. The van der Waals surface area contributed by atoms with Gasteiger partial charge in [0, 0.05) is 39.4 Å². The lowest BCUT2D eigenvalue weighted by molar-refractivity contribution is -0.125. The summed E-state index contributed by atoms with van der Waals surface area (Å²) in [4.78, 5) is 26.6. The topological polar surface area (TPSA) is 76.5 Å². The fourth-order valence-corrected chi connectivity index (χ4v) is 3.33. The molecular formula is C20H25FN4O3. The lowest BCUT2D eigenvalue weighted by atomic mass is 9.97. The highest BCUT2D eigenvalue weighted by Crippen LogP contribution is 2.21. The molecule has 1 aromatic heterocycles. The van der Waals surface area contributed by atoms with Gasteiger partial charge in [0.25, 0.3) is 5.56 Å². The number of hydrogen-bond donors (Lipinski definition) is 1. The van der Waals surface area contributed by atoms with Crippen LogP contribution >= 0.6 is 0 Å². The summed E-state index contributed by atoms with van der Waals surface area (Å²) in [6, 6.07) is 8.83. The number of carbonyl (C=O) groups is 1. The molecule has 1 N–H and O–H groups in total. The van der Waals surface area contributed by atoms with Gasteiger partial charge < -0.3 is 15.0 Å². The van der Waals surface area contributed by atoms with Crippen LogP contribution in [0.5, 0.6) is 0 Å². The summed E-state index contributed by atoms with van der Waals surface area (Å²) in [6.45, 7) is 2.49. The molecule has 0 saturated carbocycles. The summed E-state index contributed by atoms with van der Waals surface area (Å²) >= 11 is 0. The summed E-state index contributed by atoms with van der Waals surface area (Å²) in [7, 11) is 1.64. The minimum Gasteiger partial charge on any atom is -0.385 e. The predicted molar refractivity (Wildman–Crippen MR) is 104 cm³/mol. The molecule has 8 heteroatoms. The number of aromatic nitrogens is 2. The summed E-state index contributed by atoms with van der Waals surface area (Å²) in [5, 5.41) is 7.35. The van der Waals surface area contributed by atoms with E-state index in [0.717, 1.165) is 25.8 Å². The van der Waals surface area contributed by atoms with Gasteiger partial charge in [-0.3, -0.25) is 9.59 Å². The number of amides is 1. The predicted octanol–water partition coefficient (Wildman–Crippen LogP) is 1.74. The van der Waals surface area contributed by atoms with Crippen molar-refractivity contribution in [1.82, 2.24) is 15.1 Å². The largest absolute Gasteiger partial charge is 0.385 e. The smallest absolute Gasteiger partial charge is 0.271 e. The molecule has 1 atom stereocenters. The molecule has 150 valence electrons. The van der Waals surface area contributed by atoms with Crippen LogP contribution in [0.3, 0.4) is 0 Å². The second kappa shape index (κ2) is 9.45. The SMILES string of the molecule is COCCCNC(=O)[C@H]1CCCN(c2ccc(=O)n(-c3cccc(F)c3)n2)C1. The van der Waals surface area contributed by atoms with Gasteiger partial charge in [0.1, 0.15) is 11.6 Å². The average Bonchev–Trinajstić information content (AvgIpc) is 2.71. The number of nitrogens with one attached hydrogen (secondary N) is 1. The molecule has 1 amide bonds. The Morgan fingerprint density at radius 3 is 3.00 bits per heavy atom. The van der Waals surface area contributed by atoms with Gasteiger partial charge in [-0.15, -0.1) is 5.10 Å². The Balaban J connectivity index is 1.72. The highest BCUT2D eigenvalue weighted by molar-refractivity contribution is 5.79. The normalized spacial score (nSPS) is 16.8. The molecule has 2 heterocycles. The fraction of sp³-hybridized carbons (Fsp3) is 0.450. The van der Waals surface area contributed by atoms with Crippen LogP contribution in [0, 0.1) is 11.7 Å². The number of piperidine rings is 1. The monoisotopic (exact) mass is 388 g/mol. The maximum absolute atomic E-state index is 13.5. The minimum atomic E-state index is -0.431. The summed E-state index contributed by atoms with van der Waals surface area (Å²) in [5.74, 6) is 0.0624. The van der Waals surface area contributed by atoms with E-state index in [1.807, 2.05) is 4.90 Å². The van der Waals surface area contributed by atoms with Crippen molar-refractivity contribution in [2.45, 2.75) is 19.3 Å². The van der Waals surface area contributed by atoms with Crippen LogP contribution in [0.4, 0.5) is 10.2 Å². The minimum absolute atomic E-state index is 0.0271. The maximum atomic E-state index is 13.5. The summed E-state index contributed by atoms with van der Waals surface area (Å²) in [5.41, 5.74) is 0.0371. The van der Waals surface area contributed by atoms with E-state index in [4.69, 9.17) is 4.74 Å². The number of rotatable bonds is 7. The molecule has 1 fully saturated rings. The molecule has 0 spiro atoms. The lowest BCUT2D eigenvalue weighted by Gasteiger charge is -2.32. The summed E-state index contributed by atoms with van der Waals surface area (Å²) in [6.07, 6.45) is 2.45. The highest BCUT2D eigenvalue weighted by Gasteiger charge is 2.26. The Bertz CT molecular complexity index is 871. The van der Waals surface area contributed by atoms with Crippen molar-refractivity contribution in [2.24, 2.45) is 5.92 Å². The maximum Gasteiger partial charge on any atom is 0.271 e. The number of nitrogens with zero attached hydrogens (tertiary/aromatic N) is 3. The molecular weight excluding hydrogens is 363 g/mol. The molecule has 1 aliphatic rings. The van der Waals surface area contributed by atoms with Gasteiger partial charge >= 0.3 is 0 Å². The second-order valence-corrected chi connectivity index (χ2v) is 6.84. The molecule has 0 bridgehead atoms. The Kier molecular flexibility index (Phi) is 6.76. The molecule has 3 rings (SSSR count). The number of ether oxygens (including phenoxy) is 1. The molecule has 0 aliphatic carbocycles. The average molecular weight is 388 g/mol. The third kappa shape index (κ3) is 4.95. The number of anilines is 1. The number of carbonyl (C=O) groups excluding carboxylic acids is 1. The van der Waals surface area contributed by atoms with Crippen molar-refractivity contribution < 1.29 is 13.9 Å². The van der Waals surface area contributed by atoms with E-state index in [-0.39, 0.29) is 17.4 Å². The molecule has 0 unspecified atom stereocenters. The van der Waals surface area contributed by atoms with E-state index in [9.17, 15) is 14.0 Å². The molecule has 7 nitrogen and oxygen atoms in total. The van der Waals surface area contributed by atoms with E-state index >= 15 is 0 Å². The van der Waals surface area contributed by atoms with Crippen molar-refractivity contribution in [2.75, 3.05) is 38.3 Å². The number of hydrogen-bond acceptors (Lipinski definition) is 5. The van der Waals surface area contributed by atoms with Crippen LogP contribution in [0.25, 0.3) is 5.69 Å². The zero-order valence-corrected chi connectivity index (χ0v) is 15.9. The third-order valence-corrected chi connectivity index (χ3v) is 4.78. The van der Waals surface area contributed by atoms with E-state index in [1.54, 1.807) is 19.2 Å². The highest BCUT2D eigenvalue weighted by atomic mass is 19.1. The van der Waals surface area contributed by atoms with Crippen LogP contribution in [0.2, 0.25) is 0 Å². The first-order chi connectivity index (χ1) is 13.6. The second-order valence-electron chi connectivity index (χ2n) is 6.84. The first-order valence-corrected chi connectivity index (χ1v) is 9.46. The van der Waals surface area contributed by atoms with Crippen molar-refractivity contribution in [3.63, 3.8) is 0 Å². The van der Waals surface area contributed by atoms with Crippen molar-refractivity contribution in [3.8, 4) is 5.69 Å². The van der Waals surface area contributed by atoms with Crippen LogP contribution in [0.1, 0.15) is 19.3 Å². The standard InChI is InChI=1S/C20H25FN4O3/c1-28-12-4-10-22-20(27)15-5-3-11-24(14-15)18-8-9-19(26)25(23-18)17-7-2-6-16(21)13-17/h2,6-9,13,15H,3-5,10-12,14H2,1H3,(H,22,27)/t15-/m0/s1. The van der Waals surface area contributed by atoms with Gasteiger partial charge in [0.05, 0.1) is 11.6 Å². The fourth-order valence-electron chi connectivity index (χ4n) is 3.33. The zero-order valence-electron chi connectivity index (χ0n) is 15.9. The zero-order chi connectivity index (χ0) is 19.9. The van der Waals surface area contributed by atoms with Gasteiger partial charge in [-0.05, 0) is 43.5 Å². The number of methoxy groups -OCH3 is 1. The van der Waals surface area contributed by atoms with Gasteiger partial charge in [-0.2, -0.15) is 4.68 Å². The van der Waals surface area contributed by atoms with E-state index in [2.05, 4.69) is 10.4 Å². The van der Waals surface area contributed by atoms with Crippen molar-refractivity contribution >= 4 is 11.7 Å². The number of halogens is 1. The van der Waals surface area contributed by atoms with Gasteiger partial charge in [-0.1, -0.05) is 6.07 Å². The van der Waals surface area contributed by atoms with Crippen LogP contribution in [-0.4, -0.2) is 49.0 Å². The Labute approximate surface area is 163 Å². The van der Waals surface area contributed by atoms with Gasteiger partial charge in [0.2, 0.25) is 5.91 Å². The van der Waals surface area contributed by atoms with Gasteiger partial charge in [0.15, 0.2) is 0 Å². The third-order valence-electron chi connectivity index (χ3n) is 4.78. The molecule has 1 aliphatic heterocycles. The van der Waals surface area contributed by atoms with Crippen molar-refractivity contribution in [3.05, 3.63) is 52.6 Å². The van der Waals surface area contributed by atoms with Crippen LogP contribution in [-0.2, 0) is 9.53 Å². The Morgan fingerprint density at radius 2 is 2.21 bits per heavy atom. The van der Waals surface area contributed by atoms with Crippen LogP contribution < -0.4 is 15.8 Å². The molecule has 28 heavy (non-hydrogen) atoms. The Hall–Kier alpha value is -2.74. The van der Waals surface area contributed by atoms with Crippen molar-refractivity contribution in [1.29, 1.82) is 0 Å². The Morgan fingerprint density at radius 1 is 1.36 bits per heavy atom. The quantitative estimate of drug-likeness (QED) is 0.732. The van der Waals surface area contributed by atoms with Gasteiger partial charge in [-0.25, -0.2) is 4.39 Å². The van der Waals surface area contributed by atoms with E-state index in [0.29, 0.717) is 31.2 Å². The molecule has 1 saturated heterocycles. The summed E-state index contributed by atoms with van der Waals surface area (Å²) < 4.78 is 19.7. The lowest BCUT2D eigenvalue weighted by Crippen LogP contribution is -2.44. The molecule has 2 aromatic rings. The molecule has 1 aromatic carbocycles.